The molecule has 0 nitrogen and oxygen atoms in total. The molecule has 1 aromatic rings. The number of rotatable bonds is 13. The fourth-order valence-corrected chi connectivity index (χ4v) is 8.40. The molecule has 0 bridgehead atoms. The first-order valence-corrected chi connectivity index (χ1v) is 16.9. The molecule has 1 aromatic carbocycles. The van der Waals surface area contributed by atoms with E-state index < -0.39 is 0 Å². The Morgan fingerprint density at radius 2 is 1.11 bits per heavy atom. The van der Waals surface area contributed by atoms with Crippen molar-refractivity contribution in [2.45, 2.75) is 148 Å². The van der Waals surface area contributed by atoms with E-state index in [1.807, 2.05) is 0 Å². The van der Waals surface area contributed by atoms with E-state index in [1.165, 1.54) is 82.6 Å². The van der Waals surface area contributed by atoms with Crippen molar-refractivity contribution in [2.75, 3.05) is 5.88 Å². The summed E-state index contributed by atoms with van der Waals surface area (Å²) in [6.07, 6.45) is 30.7. The van der Waals surface area contributed by atoms with Gasteiger partial charge in [0.2, 0.25) is 0 Å². The Bertz CT molecular complexity index is 684. The molecule has 36 heavy (non-hydrogen) atoms. The molecule has 0 aromatic heterocycles. The van der Waals surface area contributed by atoms with Crippen molar-refractivity contribution < 1.29 is 0 Å². The van der Waals surface area contributed by atoms with Crippen LogP contribution in [-0.2, 0) is 6.42 Å². The van der Waals surface area contributed by atoms with Gasteiger partial charge in [-0.05, 0) is 117 Å². The highest BCUT2D eigenvalue weighted by Crippen LogP contribution is 2.44. The molecule has 3 saturated carbocycles. The molecule has 0 aliphatic heterocycles. The van der Waals surface area contributed by atoms with E-state index in [1.54, 1.807) is 56.9 Å². The second kappa shape index (κ2) is 15.8. The van der Waals surface area contributed by atoms with Gasteiger partial charge >= 0.3 is 0 Å². The third-order valence-electron chi connectivity index (χ3n) is 10.8. The Labute approximate surface area is 229 Å². The average molecular weight is 513 g/mol. The molecule has 4 rings (SSSR count). The van der Waals surface area contributed by atoms with Gasteiger partial charge in [0.1, 0.15) is 0 Å². The Hall–Kier alpha value is -0.490. The van der Waals surface area contributed by atoms with Crippen LogP contribution in [0.1, 0.15) is 152 Å². The number of alkyl halides is 1. The van der Waals surface area contributed by atoms with Gasteiger partial charge in [-0.2, -0.15) is 0 Å². The summed E-state index contributed by atoms with van der Waals surface area (Å²) in [7, 11) is 0. The third kappa shape index (κ3) is 9.06. The van der Waals surface area contributed by atoms with Crippen molar-refractivity contribution in [1.29, 1.82) is 0 Å². The van der Waals surface area contributed by atoms with E-state index in [9.17, 15) is 0 Å². The summed E-state index contributed by atoms with van der Waals surface area (Å²) in [6, 6.07) is 9.62. The number of aryl methyl sites for hydroxylation is 1. The van der Waals surface area contributed by atoms with E-state index in [0.29, 0.717) is 0 Å². The first kappa shape index (κ1) is 28.5. The second-order valence-corrected chi connectivity index (χ2v) is 13.6. The van der Waals surface area contributed by atoms with Crippen LogP contribution in [0.15, 0.2) is 24.3 Å². The maximum atomic E-state index is 5.83. The molecule has 0 amide bonds. The van der Waals surface area contributed by atoms with Gasteiger partial charge in [-0.15, -0.1) is 11.6 Å². The maximum Gasteiger partial charge on any atom is 0.0223 e. The van der Waals surface area contributed by atoms with Crippen molar-refractivity contribution in [3.05, 3.63) is 35.4 Å². The lowest BCUT2D eigenvalue weighted by molar-refractivity contribution is 0.136. The molecule has 3 aliphatic carbocycles. The first-order valence-electron chi connectivity index (χ1n) is 16.4. The first-order chi connectivity index (χ1) is 17.7. The molecule has 204 valence electrons. The molecule has 0 saturated heterocycles. The summed E-state index contributed by atoms with van der Waals surface area (Å²) in [5.41, 5.74) is 3.09. The number of benzene rings is 1. The van der Waals surface area contributed by atoms with Gasteiger partial charge in [0.05, 0.1) is 0 Å². The number of halogens is 1. The van der Waals surface area contributed by atoms with Crippen LogP contribution >= 0.6 is 11.6 Å². The van der Waals surface area contributed by atoms with Gasteiger partial charge in [-0.1, -0.05) is 95.4 Å². The van der Waals surface area contributed by atoms with Gasteiger partial charge in [-0.25, -0.2) is 0 Å². The molecular formula is C35H57Cl. The summed E-state index contributed by atoms with van der Waals surface area (Å²) in [5.74, 6) is 6.92. The summed E-state index contributed by atoms with van der Waals surface area (Å²) in [5, 5.41) is 0. The molecule has 1 heteroatoms. The normalized spacial score (nSPS) is 31.4. The Morgan fingerprint density at radius 1 is 0.583 bits per heavy atom. The third-order valence-corrected chi connectivity index (χ3v) is 11.1. The van der Waals surface area contributed by atoms with Crippen LogP contribution in [0.3, 0.4) is 0 Å². The van der Waals surface area contributed by atoms with Crippen LogP contribution in [0.5, 0.6) is 0 Å². The highest BCUT2D eigenvalue weighted by molar-refractivity contribution is 6.17. The monoisotopic (exact) mass is 512 g/mol. The fraction of sp³-hybridized carbons (Fsp3) is 0.829. The molecule has 0 unspecified atom stereocenters. The molecule has 0 spiro atoms. The molecule has 0 heterocycles. The second-order valence-electron chi connectivity index (χ2n) is 13.2. The minimum absolute atomic E-state index is 0.794. The van der Waals surface area contributed by atoms with Crippen molar-refractivity contribution in [2.24, 2.45) is 29.6 Å². The minimum atomic E-state index is 0.794. The van der Waals surface area contributed by atoms with Crippen LogP contribution in [0.25, 0.3) is 0 Å². The van der Waals surface area contributed by atoms with Crippen LogP contribution in [0.4, 0.5) is 0 Å². The zero-order chi connectivity index (χ0) is 25.0. The zero-order valence-electron chi connectivity index (χ0n) is 23.7. The van der Waals surface area contributed by atoms with Crippen molar-refractivity contribution >= 4 is 11.6 Å². The van der Waals surface area contributed by atoms with Gasteiger partial charge in [0.15, 0.2) is 0 Å². The predicted octanol–water partition coefficient (Wildman–Crippen LogP) is 11.5. The van der Waals surface area contributed by atoms with Gasteiger partial charge in [0.25, 0.3) is 0 Å². The summed E-state index contributed by atoms with van der Waals surface area (Å²) in [4.78, 5) is 0. The van der Waals surface area contributed by atoms with E-state index in [-0.39, 0.29) is 0 Å². The molecule has 0 radical (unpaired) electrons. The van der Waals surface area contributed by atoms with E-state index >= 15 is 0 Å². The fourth-order valence-electron chi connectivity index (χ4n) is 8.22. The highest BCUT2D eigenvalue weighted by Gasteiger charge is 2.31. The molecule has 0 N–H and O–H groups in total. The van der Waals surface area contributed by atoms with Crippen LogP contribution in [0, 0.1) is 29.6 Å². The van der Waals surface area contributed by atoms with Gasteiger partial charge < -0.3 is 0 Å². The molecule has 3 aliphatic rings. The highest BCUT2D eigenvalue weighted by atomic mass is 35.5. The van der Waals surface area contributed by atoms with Crippen LogP contribution < -0.4 is 0 Å². The van der Waals surface area contributed by atoms with Crippen LogP contribution in [-0.4, -0.2) is 5.88 Å². The smallest absolute Gasteiger partial charge is 0.0223 e. The summed E-state index contributed by atoms with van der Waals surface area (Å²) in [6.45, 7) is 2.34. The summed E-state index contributed by atoms with van der Waals surface area (Å²) >= 11 is 5.83. The quantitative estimate of drug-likeness (QED) is 0.182. The standard InChI is InChI=1S/C35H57Cl/c1-2-3-4-7-28-11-19-32(20-12-28)34-23-15-30(16-24-34)9-10-31-17-25-35(26-18-31)33-21-13-29(14-22-33)8-5-6-27-36/h13-14,21-22,28,30-32,34-35H,2-12,15-20,23-27H2,1H3/t28-,30-,31-,32-,34-,35-. The number of unbranched alkanes of at least 4 members (excludes halogenated alkanes) is 3. The Morgan fingerprint density at radius 3 is 1.64 bits per heavy atom. The number of hydrogen-bond acceptors (Lipinski definition) is 0. The lowest BCUT2D eigenvalue weighted by Crippen LogP contribution is -2.26. The van der Waals surface area contributed by atoms with Gasteiger partial charge in [-0.3, -0.25) is 0 Å². The topological polar surface area (TPSA) is 0 Å². The van der Waals surface area contributed by atoms with E-state index in [0.717, 1.165) is 47.8 Å². The van der Waals surface area contributed by atoms with Crippen LogP contribution in [0.2, 0.25) is 0 Å². The lowest BCUT2D eigenvalue weighted by Gasteiger charge is -2.38. The minimum Gasteiger partial charge on any atom is -0.127 e. The predicted molar refractivity (Wildman–Crippen MR) is 159 cm³/mol. The van der Waals surface area contributed by atoms with Gasteiger partial charge in [0, 0.05) is 5.88 Å². The lowest BCUT2D eigenvalue weighted by atomic mass is 9.67. The average Bonchev–Trinajstić information content (AvgIpc) is 2.94. The maximum absolute atomic E-state index is 5.83. The molecular weight excluding hydrogens is 456 g/mol. The van der Waals surface area contributed by atoms with Crippen molar-refractivity contribution in [3.8, 4) is 0 Å². The molecule has 0 atom stereocenters. The van der Waals surface area contributed by atoms with Crippen molar-refractivity contribution in [3.63, 3.8) is 0 Å². The van der Waals surface area contributed by atoms with E-state index in [4.69, 9.17) is 11.6 Å². The SMILES string of the molecule is CCCCC[C@H]1CC[C@H]([C@H]2CC[C@H](CC[C@H]3CC[C@H](c4ccc(CCCCCl)cc4)CC3)CC2)CC1. The summed E-state index contributed by atoms with van der Waals surface area (Å²) < 4.78 is 0. The number of hydrogen-bond donors (Lipinski definition) is 0. The Balaban J connectivity index is 1.07. The van der Waals surface area contributed by atoms with E-state index in [2.05, 4.69) is 31.2 Å². The Kier molecular flexibility index (Phi) is 12.5. The van der Waals surface area contributed by atoms with Crippen molar-refractivity contribution in [1.82, 2.24) is 0 Å². The molecule has 3 fully saturated rings. The largest absolute Gasteiger partial charge is 0.127 e. The zero-order valence-corrected chi connectivity index (χ0v) is 24.5.